The average molecular weight is 315 g/mol. The molecule has 0 aliphatic rings. The number of rotatable bonds is 3. The highest BCUT2D eigenvalue weighted by Crippen LogP contribution is 2.25. The van der Waals surface area contributed by atoms with Crippen molar-refractivity contribution in [1.82, 2.24) is 9.78 Å². The van der Waals surface area contributed by atoms with Gasteiger partial charge in [0.25, 0.3) is 0 Å². The van der Waals surface area contributed by atoms with Gasteiger partial charge in [0.1, 0.15) is 0 Å². The molecule has 0 aliphatic carbocycles. The van der Waals surface area contributed by atoms with Crippen LogP contribution in [0.15, 0.2) is 34.9 Å². The molecule has 2 aromatic rings. The summed E-state index contributed by atoms with van der Waals surface area (Å²) >= 11 is 9.55. The van der Waals surface area contributed by atoms with Crippen molar-refractivity contribution >= 4 is 27.5 Å². The Bertz CT molecular complexity index is 524. The summed E-state index contributed by atoms with van der Waals surface area (Å²) in [5.41, 5.74) is 8.20. The first kappa shape index (κ1) is 12.6. The molecule has 1 aromatic carbocycles. The molecule has 0 radical (unpaired) electrons. The number of nitrogens with zero attached hydrogens (tertiary/aromatic N) is 2. The van der Waals surface area contributed by atoms with Crippen LogP contribution in [0.4, 0.5) is 0 Å². The van der Waals surface area contributed by atoms with E-state index in [-0.39, 0.29) is 6.04 Å². The maximum Gasteiger partial charge on any atom is 0.0551 e. The number of nitrogens with two attached hydrogens (primary N) is 1. The summed E-state index contributed by atoms with van der Waals surface area (Å²) in [5, 5.41) is 4.85. The van der Waals surface area contributed by atoms with E-state index in [9.17, 15) is 0 Å². The van der Waals surface area contributed by atoms with Crippen LogP contribution in [-0.4, -0.2) is 9.78 Å². The molecule has 1 unspecified atom stereocenters. The highest BCUT2D eigenvalue weighted by molar-refractivity contribution is 9.10. The van der Waals surface area contributed by atoms with Gasteiger partial charge in [-0.2, -0.15) is 5.10 Å². The van der Waals surface area contributed by atoms with Gasteiger partial charge in [0.05, 0.1) is 11.7 Å². The van der Waals surface area contributed by atoms with Crippen LogP contribution >= 0.6 is 27.5 Å². The van der Waals surface area contributed by atoms with Gasteiger partial charge in [-0.3, -0.25) is 4.68 Å². The van der Waals surface area contributed by atoms with Crippen molar-refractivity contribution in [3.63, 3.8) is 0 Å². The Labute approximate surface area is 114 Å². The van der Waals surface area contributed by atoms with Gasteiger partial charge in [0.15, 0.2) is 0 Å². The molecular formula is C12H13BrClN3. The van der Waals surface area contributed by atoms with Gasteiger partial charge in [0.2, 0.25) is 0 Å². The van der Waals surface area contributed by atoms with Crippen LogP contribution in [0.3, 0.4) is 0 Å². The van der Waals surface area contributed by atoms with Crippen molar-refractivity contribution in [1.29, 1.82) is 0 Å². The molecule has 1 heterocycles. The zero-order chi connectivity index (χ0) is 12.4. The van der Waals surface area contributed by atoms with Gasteiger partial charge in [-0.25, -0.2) is 0 Å². The first-order valence-electron chi connectivity index (χ1n) is 5.25. The SMILES string of the molecule is Cn1nccc1C(N)Cc1ccc(Br)cc1Cl. The summed E-state index contributed by atoms with van der Waals surface area (Å²) in [6.45, 7) is 0. The Balaban J connectivity index is 2.19. The Kier molecular flexibility index (Phi) is 3.86. The monoisotopic (exact) mass is 313 g/mol. The van der Waals surface area contributed by atoms with Crippen LogP contribution in [-0.2, 0) is 13.5 Å². The van der Waals surface area contributed by atoms with Crippen molar-refractivity contribution in [3.05, 3.63) is 51.2 Å². The number of aryl methyl sites for hydroxylation is 1. The van der Waals surface area contributed by atoms with Gasteiger partial charge in [-0.1, -0.05) is 33.6 Å². The molecule has 0 spiro atoms. The quantitative estimate of drug-likeness (QED) is 0.946. The zero-order valence-corrected chi connectivity index (χ0v) is 11.7. The summed E-state index contributed by atoms with van der Waals surface area (Å²) in [7, 11) is 1.89. The molecule has 5 heteroatoms. The van der Waals surface area contributed by atoms with Crippen LogP contribution in [0, 0.1) is 0 Å². The minimum atomic E-state index is -0.0961. The van der Waals surface area contributed by atoms with Crippen molar-refractivity contribution in [2.24, 2.45) is 12.8 Å². The van der Waals surface area contributed by atoms with Crippen molar-refractivity contribution in [3.8, 4) is 0 Å². The van der Waals surface area contributed by atoms with Crippen LogP contribution in [0.2, 0.25) is 5.02 Å². The third-order valence-corrected chi connectivity index (χ3v) is 3.54. The van der Waals surface area contributed by atoms with Crippen LogP contribution in [0.25, 0.3) is 0 Å². The predicted molar refractivity (Wildman–Crippen MR) is 73.0 cm³/mol. The summed E-state index contributed by atoms with van der Waals surface area (Å²) in [6.07, 6.45) is 2.45. The van der Waals surface area contributed by atoms with E-state index in [1.807, 2.05) is 31.3 Å². The molecule has 0 fully saturated rings. The van der Waals surface area contributed by atoms with Crippen LogP contribution < -0.4 is 5.73 Å². The fourth-order valence-electron chi connectivity index (χ4n) is 1.78. The lowest BCUT2D eigenvalue weighted by Crippen LogP contribution is -2.17. The molecule has 0 saturated heterocycles. The molecule has 0 saturated carbocycles. The summed E-state index contributed by atoms with van der Waals surface area (Å²) in [5.74, 6) is 0. The van der Waals surface area contributed by atoms with Crippen LogP contribution in [0.5, 0.6) is 0 Å². The molecule has 1 aromatic heterocycles. The number of halogens is 2. The molecule has 90 valence electrons. The van der Waals surface area contributed by atoms with Crippen LogP contribution in [0.1, 0.15) is 17.3 Å². The van der Waals surface area contributed by atoms with E-state index in [2.05, 4.69) is 21.0 Å². The van der Waals surface area contributed by atoms with E-state index >= 15 is 0 Å². The number of hydrogen-bond acceptors (Lipinski definition) is 2. The van der Waals surface area contributed by atoms with E-state index < -0.39 is 0 Å². The predicted octanol–water partition coefficient (Wildman–Crippen LogP) is 3.08. The average Bonchev–Trinajstić information content (AvgIpc) is 2.68. The summed E-state index contributed by atoms with van der Waals surface area (Å²) in [6, 6.07) is 7.67. The topological polar surface area (TPSA) is 43.8 Å². The Morgan fingerprint density at radius 2 is 2.24 bits per heavy atom. The van der Waals surface area contributed by atoms with E-state index in [0.29, 0.717) is 6.42 Å². The third-order valence-electron chi connectivity index (χ3n) is 2.69. The normalized spacial score (nSPS) is 12.7. The molecule has 0 bridgehead atoms. The van der Waals surface area contributed by atoms with Gasteiger partial charge in [0, 0.05) is 22.7 Å². The summed E-state index contributed by atoms with van der Waals surface area (Å²) < 4.78 is 2.76. The summed E-state index contributed by atoms with van der Waals surface area (Å²) in [4.78, 5) is 0. The maximum absolute atomic E-state index is 6.17. The molecular weight excluding hydrogens is 302 g/mol. The second-order valence-electron chi connectivity index (χ2n) is 3.93. The molecule has 2 rings (SSSR count). The van der Waals surface area contributed by atoms with Crippen molar-refractivity contribution < 1.29 is 0 Å². The van der Waals surface area contributed by atoms with E-state index in [1.54, 1.807) is 10.9 Å². The first-order chi connectivity index (χ1) is 8.08. The highest BCUT2D eigenvalue weighted by atomic mass is 79.9. The molecule has 17 heavy (non-hydrogen) atoms. The zero-order valence-electron chi connectivity index (χ0n) is 9.40. The molecule has 0 aliphatic heterocycles. The fraction of sp³-hybridized carbons (Fsp3) is 0.250. The van der Waals surface area contributed by atoms with Gasteiger partial charge >= 0.3 is 0 Å². The van der Waals surface area contributed by atoms with Crippen molar-refractivity contribution in [2.45, 2.75) is 12.5 Å². The third kappa shape index (κ3) is 2.89. The molecule has 1 atom stereocenters. The standard InChI is InChI=1S/C12H13BrClN3/c1-17-12(4-5-16-17)11(15)6-8-2-3-9(13)7-10(8)14/h2-5,7,11H,6,15H2,1H3. The Morgan fingerprint density at radius 3 is 2.82 bits per heavy atom. The van der Waals surface area contributed by atoms with Gasteiger partial charge in [-0.15, -0.1) is 0 Å². The number of aromatic nitrogens is 2. The second-order valence-corrected chi connectivity index (χ2v) is 5.25. The molecule has 0 amide bonds. The van der Waals surface area contributed by atoms with E-state index in [1.165, 1.54) is 0 Å². The van der Waals surface area contributed by atoms with Gasteiger partial charge in [-0.05, 0) is 30.2 Å². The van der Waals surface area contributed by atoms with Gasteiger partial charge < -0.3 is 5.73 Å². The highest BCUT2D eigenvalue weighted by Gasteiger charge is 2.12. The molecule has 2 N–H and O–H groups in total. The van der Waals surface area contributed by atoms with E-state index in [4.69, 9.17) is 17.3 Å². The van der Waals surface area contributed by atoms with E-state index in [0.717, 1.165) is 20.8 Å². The lowest BCUT2D eigenvalue weighted by atomic mass is 10.0. The largest absolute Gasteiger partial charge is 0.322 e. The molecule has 3 nitrogen and oxygen atoms in total. The first-order valence-corrected chi connectivity index (χ1v) is 6.42. The number of benzene rings is 1. The number of hydrogen-bond donors (Lipinski definition) is 1. The Hall–Kier alpha value is -0.840. The minimum absolute atomic E-state index is 0.0961. The lowest BCUT2D eigenvalue weighted by molar-refractivity contribution is 0.617. The second kappa shape index (κ2) is 5.21. The smallest absolute Gasteiger partial charge is 0.0551 e. The van der Waals surface area contributed by atoms with Crippen molar-refractivity contribution in [2.75, 3.05) is 0 Å². The Morgan fingerprint density at radius 1 is 1.47 bits per heavy atom. The minimum Gasteiger partial charge on any atom is -0.322 e. The lowest BCUT2D eigenvalue weighted by Gasteiger charge is -2.13. The maximum atomic E-state index is 6.17. The fourth-order valence-corrected chi connectivity index (χ4v) is 2.53.